The van der Waals surface area contributed by atoms with Crippen LogP contribution in [0, 0.1) is 0 Å². The van der Waals surface area contributed by atoms with Gasteiger partial charge in [-0.2, -0.15) is 0 Å². The van der Waals surface area contributed by atoms with Gasteiger partial charge in [0.05, 0.1) is 13.7 Å². The lowest BCUT2D eigenvalue weighted by Crippen LogP contribution is -2.29. The van der Waals surface area contributed by atoms with Gasteiger partial charge < -0.3 is 19.7 Å². The molecule has 1 aromatic carbocycles. The first-order chi connectivity index (χ1) is 10.3. The lowest BCUT2D eigenvalue weighted by atomic mass is 10.0. The fourth-order valence-corrected chi connectivity index (χ4v) is 2.87. The van der Waals surface area contributed by atoms with E-state index >= 15 is 0 Å². The maximum atomic E-state index is 5.61. The zero-order valence-corrected chi connectivity index (χ0v) is 13.5. The summed E-state index contributed by atoms with van der Waals surface area (Å²) in [7, 11) is 1.75. The van der Waals surface area contributed by atoms with Crippen LogP contribution < -0.4 is 15.0 Å². The van der Waals surface area contributed by atoms with Crippen molar-refractivity contribution in [2.24, 2.45) is 0 Å². The predicted octanol–water partition coefficient (Wildman–Crippen LogP) is 2.98. The van der Waals surface area contributed by atoms with Crippen LogP contribution in [-0.4, -0.2) is 40.0 Å². The largest absolute Gasteiger partial charge is 0.496 e. The van der Waals surface area contributed by atoms with Crippen molar-refractivity contribution < 1.29 is 9.47 Å². The molecule has 1 fully saturated rings. The van der Waals surface area contributed by atoms with E-state index in [1.165, 1.54) is 11.3 Å². The van der Waals surface area contributed by atoms with E-state index < -0.39 is 0 Å². The normalized spacial score (nSPS) is 17.4. The van der Waals surface area contributed by atoms with Gasteiger partial charge in [-0.1, -0.05) is 13.0 Å². The first kappa shape index (κ1) is 16.1. The average Bonchev–Trinajstić information content (AvgIpc) is 2.80. The second kappa shape index (κ2) is 8.25. The summed E-state index contributed by atoms with van der Waals surface area (Å²) in [5, 5.41) is 3.58. The number of nitrogens with one attached hydrogen (secondary N) is 1. The monoisotopic (exact) mass is 292 g/mol. The van der Waals surface area contributed by atoms with E-state index in [2.05, 4.69) is 42.3 Å². The summed E-state index contributed by atoms with van der Waals surface area (Å²) in [6.45, 7) is 9.07. The molecule has 0 aliphatic carbocycles. The Kier molecular flexibility index (Phi) is 6.33. The summed E-state index contributed by atoms with van der Waals surface area (Å²) in [5.41, 5.74) is 2.53. The van der Waals surface area contributed by atoms with Crippen molar-refractivity contribution in [1.82, 2.24) is 5.32 Å². The molecule has 0 radical (unpaired) electrons. The number of nitrogens with zero attached hydrogens (tertiary/aromatic N) is 1. The zero-order valence-electron chi connectivity index (χ0n) is 13.5. The molecule has 1 heterocycles. The van der Waals surface area contributed by atoms with Crippen molar-refractivity contribution in [2.75, 3.05) is 44.9 Å². The van der Waals surface area contributed by atoms with Crippen molar-refractivity contribution in [3.63, 3.8) is 0 Å². The summed E-state index contributed by atoms with van der Waals surface area (Å²) in [6.07, 6.45) is 2.21. The second-order valence-electron chi connectivity index (χ2n) is 5.52. The summed E-state index contributed by atoms with van der Waals surface area (Å²) < 4.78 is 11.2. The molecule has 1 aromatic rings. The average molecular weight is 292 g/mol. The second-order valence-corrected chi connectivity index (χ2v) is 5.52. The standard InChI is InChI=1S/C17H28N2O2/c1-4-9-18-14(2)17-15(7-5-8-16(17)20-3)19-10-6-12-21-13-11-19/h5,7-8,14,18H,4,6,9-13H2,1-3H3. The molecule has 118 valence electrons. The van der Waals surface area contributed by atoms with Crippen molar-refractivity contribution >= 4 is 5.69 Å². The van der Waals surface area contributed by atoms with Gasteiger partial charge in [-0.15, -0.1) is 0 Å². The van der Waals surface area contributed by atoms with E-state index in [0.29, 0.717) is 0 Å². The van der Waals surface area contributed by atoms with Crippen LogP contribution in [0.4, 0.5) is 5.69 Å². The summed E-state index contributed by atoms with van der Waals surface area (Å²) in [5.74, 6) is 0.966. The van der Waals surface area contributed by atoms with Crippen molar-refractivity contribution in [3.8, 4) is 5.75 Å². The molecule has 1 unspecified atom stereocenters. The first-order valence-corrected chi connectivity index (χ1v) is 8.01. The third-order valence-corrected chi connectivity index (χ3v) is 3.96. The molecule has 0 bridgehead atoms. The van der Waals surface area contributed by atoms with Gasteiger partial charge in [0.15, 0.2) is 0 Å². The van der Waals surface area contributed by atoms with Crippen LogP contribution in [0.2, 0.25) is 0 Å². The highest BCUT2D eigenvalue weighted by molar-refractivity contribution is 5.61. The molecule has 0 saturated carbocycles. The fraction of sp³-hybridized carbons (Fsp3) is 0.647. The van der Waals surface area contributed by atoms with Crippen LogP contribution in [0.1, 0.15) is 38.3 Å². The van der Waals surface area contributed by atoms with E-state index in [4.69, 9.17) is 9.47 Å². The number of rotatable bonds is 6. The van der Waals surface area contributed by atoms with E-state index in [1.807, 2.05) is 0 Å². The molecule has 2 rings (SSSR count). The van der Waals surface area contributed by atoms with E-state index in [9.17, 15) is 0 Å². The molecule has 21 heavy (non-hydrogen) atoms. The Morgan fingerprint density at radius 1 is 1.33 bits per heavy atom. The number of ether oxygens (including phenoxy) is 2. The fourth-order valence-electron chi connectivity index (χ4n) is 2.87. The van der Waals surface area contributed by atoms with Crippen molar-refractivity contribution in [2.45, 2.75) is 32.7 Å². The third-order valence-electron chi connectivity index (χ3n) is 3.96. The maximum Gasteiger partial charge on any atom is 0.125 e. The molecule has 0 amide bonds. The first-order valence-electron chi connectivity index (χ1n) is 8.01. The van der Waals surface area contributed by atoms with Crippen LogP contribution in [0.5, 0.6) is 5.75 Å². The molecule has 4 nitrogen and oxygen atoms in total. The van der Waals surface area contributed by atoms with Gasteiger partial charge in [-0.25, -0.2) is 0 Å². The Balaban J connectivity index is 2.29. The van der Waals surface area contributed by atoms with Gasteiger partial charge in [-0.3, -0.25) is 0 Å². The Bertz CT molecular complexity index is 429. The highest BCUT2D eigenvalue weighted by Gasteiger charge is 2.20. The molecular weight excluding hydrogens is 264 g/mol. The minimum absolute atomic E-state index is 0.278. The van der Waals surface area contributed by atoms with Gasteiger partial charge >= 0.3 is 0 Å². The minimum Gasteiger partial charge on any atom is -0.496 e. The van der Waals surface area contributed by atoms with Crippen molar-refractivity contribution in [3.05, 3.63) is 23.8 Å². The van der Waals surface area contributed by atoms with Crippen LogP contribution in [0.3, 0.4) is 0 Å². The van der Waals surface area contributed by atoms with Crippen LogP contribution in [0.15, 0.2) is 18.2 Å². The lowest BCUT2D eigenvalue weighted by Gasteiger charge is -2.29. The summed E-state index contributed by atoms with van der Waals surface area (Å²) >= 11 is 0. The molecule has 0 aromatic heterocycles. The van der Waals surface area contributed by atoms with E-state index in [-0.39, 0.29) is 6.04 Å². The topological polar surface area (TPSA) is 33.7 Å². The number of benzene rings is 1. The quantitative estimate of drug-likeness (QED) is 0.874. The van der Waals surface area contributed by atoms with Crippen molar-refractivity contribution in [1.29, 1.82) is 0 Å². The van der Waals surface area contributed by atoms with Gasteiger partial charge in [0.1, 0.15) is 5.75 Å². The molecular formula is C17H28N2O2. The van der Waals surface area contributed by atoms with Gasteiger partial charge in [0.2, 0.25) is 0 Å². The van der Waals surface area contributed by atoms with E-state index in [0.717, 1.165) is 51.4 Å². The predicted molar refractivity (Wildman–Crippen MR) is 87.4 cm³/mol. The van der Waals surface area contributed by atoms with Crippen LogP contribution in [0.25, 0.3) is 0 Å². The Morgan fingerprint density at radius 3 is 2.95 bits per heavy atom. The maximum absolute atomic E-state index is 5.61. The van der Waals surface area contributed by atoms with Crippen LogP contribution in [-0.2, 0) is 4.74 Å². The highest BCUT2D eigenvalue weighted by Crippen LogP contribution is 2.35. The minimum atomic E-state index is 0.278. The Morgan fingerprint density at radius 2 is 2.19 bits per heavy atom. The summed E-state index contributed by atoms with van der Waals surface area (Å²) in [6, 6.07) is 6.61. The molecule has 1 aliphatic rings. The number of hydrogen-bond acceptors (Lipinski definition) is 4. The molecule has 1 atom stereocenters. The lowest BCUT2D eigenvalue weighted by molar-refractivity contribution is 0.152. The van der Waals surface area contributed by atoms with Gasteiger partial charge in [0.25, 0.3) is 0 Å². The summed E-state index contributed by atoms with van der Waals surface area (Å²) in [4.78, 5) is 2.43. The molecule has 1 aliphatic heterocycles. The third kappa shape index (κ3) is 4.11. The van der Waals surface area contributed by atoms with Crippen LogP contribution >= 0.6 is 0 Å². The number of anilines is 1. The number of hydrogen-bond donors (Lipinski definition) is 1. The Hall–Kier alpha value is -1.26. The zero-order chi connectivity index (χ0) is 15.1. The number of methoxy groups -OCH3 is 1. The SMILES string of the molecule is CCCNC(C)c1c(OC)cccc1N1CCCOCC1. The molecule has 1 N–H and O–H groups in total. The van der Waals surface area contributed by atoms with E-state index in [1.54, 1.807) is 7.11 Å². The highest BCUT2D eigenvalue weighted by atomic mass is 16.5. The van der Waals surface area contributed by atoms with Gasteiger partial charge in [0, 0.05) is 37.0 Å². The molecule has 0 spiro atoms. The Labute approximate surface area is 128 Å². The molecule has 4 heteroatoms. The smallest absolute Gasteiger partial charge is 0.125 e. The molecule has 1 saturated heterocycles. The van der Waals surface area contributed by atoms with Gasteiger partial charge in [-0.05, 0) is 38.4 Å².